The average Bonchev–Trinajstić information content (AvgIpc) is 2.28. The zero-order valence-corrected chi connectivity index (χ0v) is 10.4. The zero-order valence-electron chi connectivity index (χ0n) is 9.58. The molecule has 2 N–H and O–H groups in total. The lowest BCUT2D eigenvalue weighted by Crippen LogP contribution is -2.34. The second-order valence-corrected chi connectivity index (χ2v) is 5.19. The summed E-state index contributed by atoms with van der Waals surface area (Å²) in [4.78, 5) is 15.1. The van der Waals surface area contributed by atoms with Gasteiger partial charge < -0.3 is 9.87 Å². The highest BCUT2D eigenvalue weighted by atomic mass is 32.2. The van der Waals surface area contributed by atoms with Gasteiger partial charge in [-0.2, -0.15) is 13.2 Å². The predicted octanol–water partition coefficient (Wildman–Crippen LogP) is 3.02. The Morgan fingerprint density at radius 1 is 1.39 bits per heavy atom. The van der Waals surface area contributed by atoms with Gasteiger partial charge in [-0.3, -0.25) is 4.79 Å². The van der Waals surface area contributed by atoms with Gasteiger partial charge in [0, 0.05) is 18.2 Å². The zero-order chi connectivity index (χ0) is 14.0. The molecule has 4 nitrogen and oxygen atoms in total. The van der Waals surface area contributed by atoms with E-state index in [1.165, 1.54) is 13.8 Å². The molecule has 0 atom stereocenters. The van der Waals surface area contributed by atoms with Gasteiger partial charge in [-0.15, -0.1) is 0 Å². The Labute approximate surface area is 106 Å². The van der Waals surface area contributed by atoms with Gasteiger partial charge in [-0.25, -0.2) is 4.98 Å². The van der Waals surface area contributed by atoms with Crippen LogP contribution in [0.1, 0.15) is 19.4 Å². The number of alkyl halides is 3. The van der Waals surface area contributed by atoms with Crippen LogP contribution in [0.3, 0.4) is 0 Å². The highest BCUT2D eigenvalue weighted by Gasteiger charge is 2.31. The number of nitrogens with zero attached hydrogens (tertiary/aromatic N) is 1. The molecular formula is C10H11F3N2O2S. The van der Waals surface area contributed by atoms with E-state index in [2.05, 4.69) is 10.3 Å². The van der Waals surface area contributed by atoms with Crippen LogP contribution >= 0.6 is 12.0 Å². The number of amides is 1. The third kappa shape index (κ3) is 3.61. The van der Waals surface area contributed by atoms with Crippen molar-refractivity contribution in [2.24, 2.45) is 0 Å². The lowest BCUT2D eigenvalue weighted by Gasteiger charge is -2.18. The summed E-state index contributed by atoms with van der Waals surface area (Å²) in [7, 11) is 0. The molecule has 1 rings (SSSR count). The van der Waals surface area contributed by atoms with E-state index < -0.39 is 22.4 Å². The van der Waals surface area contributed by atoms with Gasteiger partial charge in [0.15, 0.2) is 0 Å². The largest absolute Gasteiger partial charge is 0.417 e. The number of anilines is 1. The van der Waals surface area contributed by atoms with Crippen LogP contribution in [0.25, 0.3) is 0 Å². The summed E-state index contributed by atoms with van der Waals surface area (Å²) in [6.07, 6.45) is -3.83. The molecule has 1 aromatic heterocycles. The number of carbonyl (C=O) groups excluding carboxylic acids is 1. The molecule has 0 saturated heterocycles. The van der Waals surface area contributed by atoms with Crippen molar-refractivity contribution in [3.8, 4) is 0 Å². The van der Waals surface area contributed by atoms with Crippen LogP contribution in [-0.2, 0) is 11.0 Å². The smallest absolute Gasteiger partial charge is 0.329 e. The first-order valence-electron chi connectivity index (χ1n) is 4.84. The summed E-state index contributed by atoms with van der Waals surface area (Å²) in [6, 6.07) is 1.88. The lowest BCUT2D eigenvalue weighted by atomic mass is 10.2. The van der Waals surface area contributed by atoms with Crippen molar-refractivity contribution in [2.45, 2.75) is 24.8 Å². The minimum Gasteiger partial charge on any atom is -0.329 e. The Bertz CT molecular complexity index is 432. The molecule has 0 spiro atoms. The minimum absolute atomic E-state index is 0.00451. The van der Waals surface area contributed by atoms with E-state index >= 15 is 0 Å². The molecule has 0 aliphatic carbocycles. The summed E-state index contributed by atoms with van der Waals surface area (Å²) >= 11 is 0.342. The molecule has 1 aromatic rings. The molecule has 18 heavy (non-hydrogen) atoms. The van der Waals surface area contributed by atoms with Crippen molar-refractivity contribution in [3.05, 3.63) is 23.9 Å². The lowest BCUT2D eigenvalue weighted by molar-refractivity contribution is -0.137. The van der Waals surface area contributed by atoms with Gasteiger partial charge in [0.25, 0.3) is 0 Å². The summed E-state index contributed by atoms with van der Waals surface area (Å²) < 4.78 is 44.6. The fourth-order valence-corrected chi connectivity index (χ4v) is 1.08. The standard InChI is InChI=1S/C10H11F3N2O2S/c1-9(2,18-17)8(16)15-7-4-3-6(5-14-7)10(11,12)13/h3-5,17H,1-2H3,(H,14,15,16). The van der Waals surface area contributed by atoms with Gasteiger partial charge in [0.05, 0.1) is 5.56 Å². The minimum atomic E-state index is -4.46. The van der Waals surface area contributed by atoms with E-state index in [0.29, 0.717) is 18.2 Å². The van der Waals surface area contributed by atoms with Crippen LogP contribution in [0.5, 0.6) is 0 Å². The predicted molar refractivity (Wildman–Crippen MR) is 62.2 cm³/mol. The molecule has 1 amide bonds. The molecule has 0 aliphatic heterocycles. The number of carbonyl (C=O) groups is 1. The molecule has 0 unspecified atom stereocenters. The molecule has 0 aliphatic rings. The molecule has 0 saturated carbocycles. The first kappa shape index (κ1) is 14.8. The second-order valence-electron chi connectivity index (χ2n) is 3.99. The normalized spacial score (nSPS) is 12.3. The Morgan fingerprint density at radius 2 is 2.00 bits per heavy atom. The quantitative estimate of drug-likeness (QED) is 0.835. The van der Waals surface area contributed by atoms with E-state index in [0.717, 1.165) is 12.1 Å². The van der Waals surface area contributed by atoms with Crippen LogP contribution in [0.15, 0.2) is 18.3 Å². The maximum absolute atomic E-state index is 12.3. The number of halogens is 3. The van der Waals surface area contributed by atoms with E-state index in [-0.39, 0.29) is 5.82 Å². The third-order valence-electron chi connectivity index (χ3n) is 2.11. The third-order valence-corrected chi connectivity index (χ3v) is 2.75. The highest BCUT2D eigenvalue weighted by molar-refractivity contribution is 7.95. The summed E-state index contributed by atoms with van der Waals surface area (Å²) in [5, 5.41) is 2.31. The van der Waals surface area contributed by atoms with E-state index in [4.69, 9.17) is 4.55 Å². The fraction of sp³-hybridized carbons (Fsp3) is 0.400. The van der Waals surface area contributed by atoms with Crippen molar-refractivity contribution >= 4 is 23.8 Å². The molecule has 100 valence electrons. The Morgan fingerprint density at radius 3 is 2.39 bits per heavy atom. The second kappa shape index (κ2) is 5.15. The van der Waals surface area contributed by atoms with Gasteiger partial charge in [-0.05, 0) is 26.0 Å². The van der Waals surface area contributed by atoms with Crippen molar-refractivity contribution in [1.82, 2.24) is 4.98 Å². The summed E-state index contributed by atoms with van der Waals surface area (Å²) in [6.45, 7) is 2.94. The van der Waals surface area contributed by atoms with Crippen molar-refractivity contribution < 1.29 is 22.5 Å². The van der Waals surface area contributed by atoms with Crippen LogP contribution in [0.2, 0.25) is 0 Å². The first-order chi connectivity index (χ1) is 8.16. The molecule has 1 heterocycles. The SMILES string of the molecule is CC(C)(SO)C(=O)Nc1ccc(C(F)(F)F)cn1. The highest BCUT2D eigenvalue weighted by Crippen LogP contribution is 2.29. The molecule has 0 fully saturated rings. The molecular weight excluding hydrogens is 269 g/mol. The van der Waals surface area contributed by atoms with Crippen LogP contribution in [0.4, 0.5) is 19.0 Å². The average molecular weight is 280 g/mol. The number of aromatic nitrogens is 1. The van der Waals surface area contributed by atoms with Crippen LogP contribution < -0.4 is 5.32 Å². The molecule has 0 aromatic carbocycles. The molecule has 0 radical (unpaired) electrons. The van der Waals surface area contributed by atoms with Crippen molar-refractivity contribution in [2.75, 3.05) is 5.32 Å². The van der Waals surface area contributed by atoms with Crippen molar-refractivity contribution in [1.29, 1.82) is 0 Å². The maximum Gasteiger partial charge on any atom is 0.417 e. The van der Waals surface area contributed by atoms with Gasteiger partial charge in [0.1, 0.15) is 10.6 Å². The van der Waals surface area contributed by atoms with Gasteiger partial charge in [-0.1, -0.05) is 0 Å². The van der Waals surface area contributed by atoms with E-state index in [9.17, 15) is 18.0 Å². The van der Waals surface area contributed by atoms with Gasteiger partial charge in [0.2, 0.25) is 5.91 Å². The first-order valence-corrected chi connectivity index (χ1v) is 5.61. The van der Waals surface area contributed by atoms with Gasteiger partial charge >= 0.3 is 6.18 Å². The Balaban J connectivity index is 2.79. The number of pyridine rings is 1. The monoisotopic (exact) mass is 280 g/mol. The van der Waals surface area contributed by atoms with Crippen molar-refractivity contribution in [3.63, 3.8) is 0 Å². The van der Waals surface area contributed by atoms with Crippen LogP contribution in [-0.4, -0.2) is 20.2 Å². The summed E-state index contributed by atoms with van der Waals surface area (Å²) in [5.41, 5.74) is -0.892. The topological polar surface area (TPSA) is 62.2 Å². The fourth-order valence-electron chi connectivity index (χ4n) is 0.944. The molecule has 8 heteroatoms. The Hall–Kier alpha value is -1.28. The molecule has 0 bridgehead atoms. The van der Waals surface area contributed by atoms with Crippen LogP contribution in [0, 0.1) is 0 Å². The Kier molecular flexibility index (Phi) is 4.23. The number of nitrogens with one attached hydrogen (secondary N) is 1. The summed E-state index contributed by atoms with van der Waals surface area (Å²) in [5.74, 6) is -0.558. The van der Waals surface area contributed by atoms with E-state index in [1.807, 2.05) is 0 Å². The number of rotatable bonds is 3. The van der Waals surface area contributed by atoms with E-state index in [1.54, 1.807) is 0 Å². The maximum atomic E-state index is 12.3. The number of hydrogen-bond donors (Lipinski definition) is 2. The number of hydrogen-bond acceptors (Lipinski definition) is 4.